The molecule has 0 bridgehead atoms. The van der Waals surface area contributed by atoms with Gasteiger partial charge in [-0.1, -0.05) is 35.9 Å². The van der Waals surface area contributed by atoms with Crippen molar-refractivity contribution in [3.8, 4) is 0 Å². The van der Waals surface area contributed by atoms with Crippen LogP contribution in [0.5, 0.6) is 0 Å². The van der Waals surface area contributed by atoms with Crippen molar-refractivity contribution in [3.05, 3.63) is 59.2 Å². The number of fused-ring (bicyclic) bond motifs is 1. The smallest absolute Gasteiger partial charge is 0.247 e. The van der Waals surface area contributed by atoms with E-state index >= 15 is 0 Å². The predicted molar refractivity (Wildman–Crippen MR) is 95.5 cm³/mol. The van der Waals surface area contributed by atoms with Crippen molar-refractivity contribution in [2.75, 3.05) is 16.4 Å². The van der Waals surface area contributed by atoms with E-state index < -0.39 is 27.8 Å². The zero-order chi connectivity index (χ0) is 18.9. The standard InChI is InChI=1S/C18H18N2O5S/c1-11-2-4-12(5-3-11)9-26(24,25)10-16-17(21)20-15-8-13(18(22)23)6-7-14(15)19-16/h2-8,16,19H,9-10H2,1H3,(H,20,21)(H,22,23)/p-1. The van der Waals surface area contributed by atoms with Gasteiger partial charge in [-0.25, -0.2) is 8.42 Å². The van der Waals surface area contributed by atoms with Crippen molar-refractivity contribution in [1.82, 2.24) is 0 Å². The number of nitrogens with one attached hydrogen (secondary N) is 2. The summed E-state index contributed by atoms with van der Waals surface area (Å²) in [6.07, 6.45) is 0. The summed E-state index contributed by atoms with van der Waals surface area (Å²) in [5.74, 6) is -2.41. The molecule has 2 N–H and O–H groups in total. The second-order valence-corrected chi connectivity index (χ2v) is 8.38. The van der Waals surface area contributed by atoms with E-state index in [0.717, 1.165) is 5.56 Å². The van der Waals surface area contributed by atoms with Gasteiger partial charge < -0.3 is 20.5 Å². The molecule has 1 aliphatic heterocycles. The summed E-state index contributed by atoms with van der Waals surface area (Å²) in [5.41, 5.74) is 2.36. The number of hydrogen-bond donors (Lipinski definition) is 2. The number of carbonyl (C=O) groups excluding carboxylic acids is 2. The van der Waals surface area contributed by atoms with E-state index in [1.165, 1.54) is 18.2 Å². The Balaban J connectivity index is 1.74. The monoisotopic (exact) mass is 373 g/mol. The normalized spacial score (nSPS) is 16.3. The van der Waals surface area contributed by atoms with E-state index in [0.29, 0.717) is 11.3 Å². The summed E-state index contributed by atoms with van der Waals surface area (Å²) in [6, 6.07) is 10.3. The molecule has 0 spiro atoms. The fourth-order valence-corrected chi connectivity index (χ4v) is 4.30. The lowest BCUT2D eigenvalue weighted by molar-refractivity contribution is -0.255. The maximum absolute atomic E-state index is 12.4. The van der Waals surface area contributed by atoms with E-state index in [2.05, 4.69) is 10.6 Å². The highest BCUT2D eigenvalue weighted by atomic mass is 32.2. The number of aromatic carboxylic acids is 1. The first-order chi connectivity index (χ1) is 12.2. The first kappa shape index (κ1) is 17.9. The lowest BCUT2D eigenvalue weighted by Gasteiger charge is -2.27. The molecular formula is C18H17N2O5S-. The Morgan fingerprint density at radius 1 is 1.12 bits per heavy atom. The lowest BCUT2D eigenvalue weighted by Crippen LogP contribution is -2.43. The van der Waals surface area contributed by atoms with Crippen LogP contribution in [0, 0.1) is 6.92 Å². The van der Waals surface area contributed by atoms with E-state index in [1.54, 1.807) is 12.1 Å². The fraction of sp³-hybridized carbons (Fsp3) is 0.222. The van der Waals surface area contributed by atoms with E-state index in [-0.39, 0.29) is 22.8 Å². The number of rotatable bonds is 5. The van der Waals surface area contributed by atoms with Crippen LogP contribution in [0.25, 0.3) is 0 Å². The number of amides is 1. The first-order valence-electron chi connectivity index (χ1n) is 7.92. The molecule has 2 aromatic carbocycles. The van der Waals surface area contributed by atoms with Crippen molar-refractivity contribution < 1.29 is 23.1 Å². The van der Waals surface area contributed by atoms with Gasteiger partial charge in [-0.15, -0.1) is 0 Å². The van der Waals surface area contributed by atoms with Crippen LogP contribution in [0.4, 0.5) is 11.4 Å². The average Bonchev–Trinajstić information content (AvgIpc) is 2.56. The van der Waals surface area contributed by atoms with Crippen LogP contribution in [-0.4, -0.2) is 32.1 Å². The Labute approximate surface area is 151 Å². The summed E-state index contributed by atoms with van der Waals surface area (Å²) < 4.78 is 24.9. The van der Waals surface area contributed by atoms with Crippen LogP contribution in [0.3, 0.4) is 0 Å². The second kappa shape index (κ2) is 6.80. The van der Waals surface area contributed by atoms with Crippen molar-refractivity contribution >= 4 is 33.1 Å². The van der Waals surface area contributed by atoms with Gasteiger partial charge in [-0.3, -0.25) is 4.79 Å². The van der Waals surface area contributed by atoms with Crippen LogP contribution >= 0.6 is 0 Å². The molecule has 8 heteroatoms. The largest absolute Gasteiger partial charge is 0.545 e. The van der Waals surface area contributed by atoms with Crippen LogP contribution in [0.2, 0.25) is 0 Å². The quantitative estimate of drug-likeness (QED) is 0.797. The first-order valence-corrected chi connectivity index (χ1v) is 9.74. The third-order valence-corrected chi connectivity index (χ3v) is 5.70. The van der Waals surface area contributed by atoms with Gasteiger partial charge in [0.05, 0.1) is 28.8 Å². The Bertz CT molecular complexity index is 968. The zero-order valence-corrected chi connectivity index (χ0v) is 14.8. The summed E-state index contributed by atoms with van der Waals surface area (Å²) in [5, 5.41) is 16.3. The van der Waals surface area contributed by atoms with E-state index in [9.17, 15) is 23.1 Å². The van der Waals surface area contributed by atoms with Gasteiger partial charge in [-0.05, 0) is 30.2 Å². The van der Waals surface area contributed by atoms with Gasteiger partial charge in [-0.2, -0.15) is 0 Å². The van der Waals surface area contributed by atoms with Gasteiger partial charge in [0.1, 0.15) is 6.04 Å². The maximum Gasteiger partial charge on any atom is 0.247 e. The Hall–Kier alpha value is -2.87. The zero-order valence-electron chi connectivity index (χ0n) is 14.0. The van der Waals surface area contributed by atoms with Gasteiger partial charge >= 0.3 is 0 Å². The Morgan fingerprint density at radius 2 is 1.81 bits per heavy atom. The topological polar surface area (TPSA) is 115 Å². The summed E-state index contributed by atoms with van der Waals surface area (Å²) in [7, 11) is -3.53. The molecule has 1 unspecified atom stereocenters. The van der Waals surface area contributed by atoms with Gasteiger partial charge in [0.2, 0.25) is 5.91 Å². The molecule has 26 heavy (non-hydrogen) atoms. The number of sulfone groups is 1. The molecule has 136 valence electrons. The molecule has 1 amide bonds. The number of hydrogen-bond acceptors (Lipinski definition) is 6. The number of anilines is 2. The van der Waals surface area contributed by atoms with Crippen molar-refractivity contribution in [2.45, 2.75) is 18.7 Å². The highest BCUT2D eigenvalue weighted by molar-refractivity contribution is 7.90. The van der Waals surface area contributed by atoms with Gasteiger partial charge in [0.15, 0.2) is 9.84 Å². The molecule has 1 heterocycles. The molecule has 2 aromatic rings. The highest BCUT2D eigenvalue weighted by Gasteiger charge is 2.30. The molecule has 1 aliphatic rings. The number of benzene rings is 2. The minimum Gasteiger partial charge on any atom is -0.545 e. The third kappa shape index (κ3) is 4.02. The molecule has 3 rings (SSSR count). The summed E-state index contributed by atoms with van der Waals surface area (Å²) >= 11 is 0. The molecule has 0 fully saturated rings. The number of carbonyl (C=O) groups is 2. The van der Waals surface area contributed by atoms with Gasteiger partial charge in [0, 0.05) is 0 Å². The molecule has 0 aliphatic carbocycles. The Kier molecular flexibility index (Phi) is 4.69. The minimum atomic E-state index is -3.53. The molecule has 0 radical (unpaired) electrons. The fourth-order valence-electron chi connectivity index (χ4n) is 2.74. The van der Waals surface area contributed by atoms with Crippen molar-refractivity contribution in [3.63, 3.8) is 0 Å². The van der Waals surface area contributed by atoms with Crippen LogP contribution in [0.15, 0.2) is 42.5 Å². The number of carboxylic acid groups (broad SMARTS) is 1. The van der Waals surface area contributed by atoms with E-state index in [4.69, 9.17) is 0 Å². The number of aryl methyl sites for hydroxylation is 1. The highest BCUT2D eigenvalue weighted by Crippen LogP contribution is 2.28. The summed E-state index contributed by atoms with van der Waals surface area (Å²) in [4.78, 5) is 23.1. The lowest BCUT2D eigenvalue weighted by atomic mass is 10.1. The van der Waals surface area contributed by atoms with E-state index in [1.807, 2.05) is 19.1 Å². The van der Waals surface area contributed by atoms with Crippen molar-refractivity contribution in [1.29, 1.82) is 0 Å². The van der Waals surface area contributed by atoms with Crippen molar-refractivity contribution in [2.24, 2.45) is 0 Å². The SMILES string of the molecule is Cc1ccc(CS(=O)(=O)CC2Nc3ccc(C(=O)[O-])cc3NC2=O)cc1. The predicted octanol–water partition coefficient (Wildman–Crippen LogP) is 0.706. The van der Waals surface area contributed by atoms with Crippen LogP contribution < -0.4 is 15.7 Å². The summed E-state index contributed by atoms with van der Waals surface area (Å²) in [6.45, 7) is 1.91. The molecule has 0 aromatic heterocycles. The second-order valence-electron chi connectivity index (χ2n) is 6.27. The third-order valence-electron chi connectivity index (χ3n) is 4.09. The average molecular weight is 373 g/mol. The van der Waals surface area contributed by atoms with Crippen LogP contribution in [-0.2, 0) is 20.4 Å². The van der Waals surface area contributed by atoms with Crippen LogP contribution in [0.1, 0.15) is 21.5 Å². The Morgan fingerprint density at radius 3 is 2.46 bits per heavy atom. The van der Waals surface area contributed by atoms with Gasteiger partial charge in [0.25, 0.3) is 0 Å². The number of carboxylic acids is 1. The molecule has 1 atom stereocenters. The molecule has 0 saturated heterocycles. The molecular weight excluding hydrogens is 356 g/mol. The molecule has 0 saturated carbocycles. The molecule has 7 nitrogen and oxygen atoms in total. The maximum atomic E-state index is 12.4. The minimum absolute atomic E-state index is 0.0729.